The Morgan fingerprint density at radius 2 is 0.932 bits per heavy atom. The molecule has 3 unspecified atom stereocenters. The first-order chi connectivity index (χ1) is 28.7. The third-order valence-corrected chi connectivity index (χ3v) is 10.7. The molecule has 11 heteroatoms. The van der Waals surface area contributed by atoms with E-state index >= 15 is 0 Å². The molecule has 10 nitrogen and oxygen atoms in total. The van der Waals surface area contributed by atoms with Crippen molar-refractivity contribution in [3.63, 3.8) is 0 Å². The molecule has 0 saturated heterocycles. The van der Waals surface area contributed by atoms with E-state index in [1.807, 2.05) is 0 Å². The van der Waals surface area contributed by atoms with Crippen LogP contribution in [0.2, 0.25) is 0 Å². The van der Waals surface area contributed by atoms with Crippen LogP contribution in [0.5, 0.6) is 0 Å². The molecule has 0 aliphatic carbocycles. The summed E-state index contributed by atoms with van der Waals surface area (Å²) in [5.41, 5.74) is 5.36. The zero-order valence-corrected chi connectivity index (χ0v) is 38.2. The molecule has 0 rings (SSSR count). The number of rotatable bonds is 44. The molecule has 4 N–H and O–H groups in total. The number of allylic oxidation sites excluding steroid dienone is 10. The average molecular weight is 852 g/mol. The number of hydrogen-bond donors (Lipinski definition) is 3. The number of phosphoric ester groups is 1. The number of carbonyl (C=O) groups excluding carboxylic acids is 1. The van der Waals surface area contributed by atoms with Crippen molar-refractivity contribution in [1.82, 2.24) is 0 Å². The Morgan fingerprint density at radius 3 is 1.39 bits per heavy atom. The monoisotopic (exact) mass is 852 g/mol. The number of nitrogens with two attached hydrogens (primary N) is 1. The summed E-state index contributed by atoms with van der Waals surface area (Å²) in [6, 6.07) is -1.48. The van der Waals surface area contributed by atoms with Gasteiger partial charge in [-0.3, -0.25) is 18.6 Å². The van der Waals surface area contributed by atoms with Crippen molar-refractivity contribution in [2.24, 2.45) is 5.73 Å². The van der Waals surface area contributed by atoms with Crippen LogP contribution in [0.3, 0.4) is 0 Å². The van der Waals surface area contributed by atoms with Gasteiger partial charge in [-0.05, 0) is 83.5 Å². The highest BCUT2D eigenvalue weighted by Crippen LogP contribution is 2.43. The number of carboxylic acid groups (broad SMARTS) is 1. The van der Waals surface area contributed by atoms with Gasteiger partial charge in [-0.15, -0.1) is 0 Å². The van der Waals surface area contributed by atoms with Crippen molar-refractivity contribution in [2.45, 2.75) is 206 Å². The van der Waals surface area contributed by atoms with Crippen LogP contribution in [-0.4, -0.2) is 60.5 Å². The van der Waals surface area contributed by atoms with Gasteiger partial charge in [-0.25, -0.2) is 4.57 Å². The van der Waals surface area contributed by atoms with Crippen LogP contribution < -0.4 is 5.73 Å². The molecule has 0 spiro atoms. The Bertz CT molecular complexity index is 1170. The Hall–Kier alpha value is -2.33. The molecular formula is C48H86NO9P. The second-order valence-corrected chi connectivity index (χ2v) is 17.0. The summed E-state index contributed by atoms with van der Waals surface area (Å²) < 4.78 is 33.4. The van der Waals surface area contributed by atoms with Gasteiger partial charge in [0.2, 0.25) is 0 Å². The van der Waals surface area contributed by atoms with Gasteiger partial charge in [0.05, 0.1) is 19.8 Å². The largest absolute Gasteiger partial charge is 0.480 e. The second kappa shape index (κ2) is 43.7. The van der Waals surface area contributed by atoms with Crippen molar-refractivity contribution in [1.29, 1.82) is 0 Å². The van der Waals surface area contributed by atoms with E-state index in [0.29, 0.717) is 13.0 Å². The first-order valence-corrected chi connectivity index (χ1v) is 24.8. The smallest absolute Gasteiger partial charge is 0.472 e. The van der Waals surface area contributed by atoms with Crippen LogP contribution in [-0.2, 0) is 32.7 Å². The van der Waals surface area contributed by atoms with E-state index in [2.05, 4.69) is 74.6 Å². The van der Waals surface area contributed by atoms with Crippen LogP contribution in [0, 0.1) is 0 Å². The molecule has 0 aromatic carbocycles. The van der Waals surface area contributed by atoms with E-state index in [4.69, 9.17) is 29.4 Å². The minimum absolute atomic E-state index is 0.00530. The normalized spacial score (nSPS) is 14.4. The van der Waals surface area contributed by atoms with E-state index < -0.39 is 45.1 Å². The minimum Gasteiger partial charge on any atom is -0.480 e. The van der Waals surface area contributed by atoms with Crippen molar-refractivity contribution in [3.05, 3.63) is 60.8 Å². The third kappa shape index (κ3) is 43.6. The molecule has 0 amide bonds. The number of aliphatic carboxylic acids is 1. The van der Waals surface area contributed by atoms with Crippen molar-refractivity contribution in [3.8, 4) is 0 Å². The topological polar surface area (TPSA) is 155 Å². The first-order valence-electron chi connectivity index (χ1n) is 23.3. The van der Waals surface area contributed by atoms with Gasteiger partial charge in [-0.1, -0.05) is 164 Å². The van der Waals surface area contributed by atoms with E-state index in [-0.39, 0.29) is 13.0 Å². The summed E-state index contributed by atoms with van der Waals surface area (Å²) in [6.45, 7) is 3.80. The van der Waals surface area contributed by atoms with Gasteiger partial charge in [0, 0.05) is 13.0 Å². The molecule has 0 aromatic heterocycles. The Kier molecular flexibility index (Phi) is 42.0. The molecule has 0 radical (unpaired) electrons. The molecule has 0 aliphatic rings. The Balaban J connectivity index is 4.25. The number of esters is 1. The first kappa shape index (κ1) is 56.7. The van der Waals surface area contributed by atoms with Gasteiger partial charge < -0.3 is 25.2 Å². The van der Waals surface area contributed by atoms with E-state index in [1.54, 1.807) is 0 Å². The predicted molar refractivity (Wildman–Crippen MR) is 244 cm³/mol. The van der Waals surface area contributed by atoms with Crippen molar-refractivity contribution in [2.75, 3.05) is 26.4 Å². The van der Waals surface area contributed by atoms with Gasteiger partial charge in [0.15, 0.2) is 0 Å². The Labute approximate surface area is 360 Å². The summed E-state index contributed by atoms with van der Waals surface area (Å²) in [6.07, 6.45) is 52.6. The summed E-state index contributed by atoms with van der Waals surface area (Å²) in [5, 5.41) is 8.91. The van der Waals surface area contributed by atoms with Crippen LogP contribution in [0.25, 0.3) is 0 Å². The van der Waals surface area contributed by atoms with Gasteiger partial charge in [0.1, 0.15) is 12.1 Å². The second-order valence-electron chi connectivity index (χ2n) is 15.5. The van der Waals surface area contributed by atoms with Crippen LogP contribution in [0.1, 0.15) is 194 Å². The molecule has 3 atom stereocenters. The number of phosphoric acid groups is 1. The fourth-order valence-electron chi connectivity index (χ4n) is 6.11. The lowest BCUT2D eigenvalue weighted by molar-refractivity contribution is -0.154. The standard InChI is InChI=1S/C48H86NO9P/c1-3-5-7-9-11-13-15-17-19-21-23-24-26-28-30-32-34-36-38-40-47(50)58-45(43-56-59(53,54)57-44-46(49)48(51)52)42-55-41-39-37-35-33-31-29-27-25-22-20-18-16-14-12-10-8-6-4-2/h11-14,17-20,23-24,45-46H,3-10,15-16,21-22,25-44,49H2,1-2H3,(H,51,52)(H,53,54)/b13-11-,14-12-,19-17-,20-18-,24-23-. The number of carboxylic acids is 1. The molecule has 0 bridgehead atoms. The van der Waals surface area contributed by atoms with Gasteiger partial charge >= 0.3 is 19.8 Å². The highest BCUT2D eigenvalue weighted by atomic mass is 31.2. The quantitative estimate of drug-likeness (QED) is 0.0233. The molecule has 0 saturated carbocycles. The SMILES string of the molecule is CCCCC/C=C\C/C=C\C/C=C\CCCCCCCCC(=O)OC(COCCCCCCCCCC/C=C\C/C=C\CCCCC)COP(=O)(O)OCC(N)C(=O)O. The molecule has 59 heavy (non-hydrogen) atoms. The van der Waals surface area contributed by atoms with Gasteiger partial charge in [0.25, 0.3) is 0 Å². The zero-order chi connectivity index (χ0) is 43.3. The maximum atomic E-state index is 12.7. The molecule has 0 aliphatic heterocycles. The summed E-state index contributed by atoms with van der Waals surface area (Å²) in [7, 11) is -4.63. The summed E-state index contributed by atoms with van der Waals surface area (Å²) in [4.78, 5) is 33.6. The third-order valence-electron chi connectivity index (χ3n) is 9.77. The van der Waals surface area contributed by atoms with E-state index in [1.165, 1.54) is 83.5 Å². The fourth-order valence-corrected chi connectivity index (χ4v) is 6.89. The molecule has 0 fully saturated rings. The maximum absolute atomic E-state index is 12.7. The number of carbonyl (C=O) groups is 2. The van der Waals surface area contributed by atoms with E-state index in [0.717, 1.165) is 83.5 Å². The number of unbranched alkanes of at least 4 members (excludes halogenated alkanes) is 20. The fraction of sp³-hybridized carbons (Fsp3) is 0.750. The lowest BCUT2D eigenvalue weighted by atomic mass is 10.1. The number of ether oxygens (including phenoxy) is 2. The maximum Gasteiger partial charge on any atom is 0.472 e. The molecule has 0 heterocycles. The van der Waals surface area contributed by atoms with Crippen LogP contribution >= 0.6 is 7.82 Å². The molecular weight excluding hydrogens is 766 g/mol. The predicted octanol–water partition coefficient (Wildman–Crippen LogP) is 13.2. The van der Waals surface area contributed by atoms with Crippen molar-refractivity contribution < 1.29 is 42.7 Å². The lowest BCUT2D eigenvalue weighted by Gasteiger charge is -2.20. The lowest BCUT2D eigenvalue weighted by Crippen LogP contribution is -2.34. The highest BCUT2D eigenvalue weighted by Gasteiger charge is 2.27. The van der Waals surface area contributed by atoms with Crippen LogP contribution in [0.15, 0.2) is 60.8 Å². The van der Waals surface area contributed by atoms with Gasteiger partial charge in [-0.2, -0.15) is 0 Å². The Morgan fingerprint density at radius 1 is 0.542 bits per heavy atom. The average Bonchev–Trinajstić information content (AvgIpc) is 3.21. The molecule has 0 aromatic rings. The van der Waals surface area contributed by atoms with Crippen molar-refractivity contribution >= 4 is 19.8 Å². The summed E-state index contributed by atoms with van der Waals surface area (Å²) >= 11 is 0. The van der Waals surface area contributed by atoms with E-state index in [9.17, 15) is 19.0 Å². The molecule has 342 valence electrons. The highest BCUT2D eigenvalue weighted by molar-refractivity contribution is 7.47. The minimum atomic E-state index is -4.63. The summed E-state index contributed by atoms with van der Waals surface area (Å²) in [5.74, 6) is -1.80. The zero-order valence-electron chi connectivity index (χ0n) is 37.3. The number of hydrogen-bond acceptors (Lipinski definition) is 8. The van der Waals surface area contributed by atoms with Crippen LogP contribution in [0.4, 0.5) is 0 Å².